The largest absolute Gasteiger partial charge is 0.477 e. The van der Waals surface area contributed by atoms with Gasteiger partial charge in [-0.25, -0.2) is 14.6 Å². The number of aryl methyl sites for hydroxylation is 1. The first kappa shape index (κ1) is 19.0. The molecule has 2 aromatic heterocycles. The number of anilines is 1. The Morgan fingerprint density at radius 1 is 1.18 bits per heavy atom. The summed E-state index contributed by atoms with van der Waals surface area (Å²) in [4.78, 5) is 43.2. The number of nitrogens with one attached hydrogen (secondary N) is 2. The van der Waals surface area contributed by atoms with E-state index in [-0.39, 0.29) is 39.4 Å². The number of aromatic carboxylic acids is 2. The SMILES string of the molecule is Cc1[nH]c(C(=O)NC2[C@H]3CN(c4nc(C(=O)O)c(C(=O)O)s4)C[C@@H]23)c(Cl)c1Cl. The molecule has 1 saturated heterocycles. The maximum absolute atomic E-state index is 12.4. The van der Waals surface area contributed by atoms with Crippen LogP contribution < -0.4 is 10.2 Å². The zero-order valence-corrected chi connectivity index (χ0v) is 16.7. The predicted molar refractivity (Wildman–Crippen MR) is 102 cm³/mol. The Bertz CT molecular complexity index is 976. The molecule has 4 N–H and O–H groups in total. The fourth-order valence-electron chi connectivity index (χ4n) is 3.58. The Balaban J connectivity index is 1.41. The van der Waals surface area contributed by atoms with Crippen LogP contribution in [0.15, 0.2) is 0 Å². The molecule has 3 atom stereocenters. The number of aromatic amines is 1. The maximum atomic E-state index is 12.4. The van der Waals surface area contributed by atoms with Crippen LogP contribution in [0.4, 0.5) is 5.13 Å². The van der Waals surface area contributed by atoms with E-state index in [9.17, 15) is 14.4 Å². The normalized spacial score (nSPS) is 22.8. The van der Waals surface area contributed by atoms with Gasteiger partial charge in [-0.2, -0.15) is 0 Å². The van der Waals surface area contributed by atoms with Gasteiger partial charge in [-0.3, -0.25) is 4.79 Å². The van der Waals surface area contributed by atoms with E-state index >= 15 is 0 Å². The van der Waals surface area contributed by atoms with E-state index in [1.165, 1.54) is 0 Å². The maximum Gasteiger partial charge on any atom is 0.356 e. The molecule has 3 heterocycles. The number of aromatic nitrogens is 2. The lowest BCUT2D eigenvalue weighted by Crippen LogP contribution is -2.34. The number of piperidine rings is 1. The lowest BCUT2D eigenvalue weighted by Gasteiger charge is -2.19. The summed E-state index contributed by atoms with van der Waals surface area (Å²) in [5.74, 6) is -2.65. The molecule has 0 spiro atoms. The van der Waals surface area contributed by atoms with Crippen LogP contribution in [0, 0.1) is 18.8 Å². The fourth-order valence-corrected chi connectivity index (χ4v) is 4.91. The highest BCUT2D eigenvalue weighted by Crippen LogP contribution is 2.48. The number of carbonyl (C=O) groups excluding carboxylic acids is 1. The Labute approximate surface area is 172 Å². The van der Waals surface area contributed by atoms with E-state index in [4.69, 9.17) is 33.4 Å². The molecule has 148 valence electrons. The van der Waals surface area contributed by atoms with Gasteiger partial charge in [-0.1, -0.05) is 34.5 Å². The van der Waals surface area contributed by atoms with Gasteiger partial charge in [0.05, 0.1) is 10.0 Å². The monoisotopic (exact) mass is 444 g/mol. The number of hydrogen-bond acceptors (Lipinski definition) is 6. The molecule has 1 aliphatic heterocycles. The van der Waals surface area contributed by atoms with Crippen LogP contribution in [0.25, 0.3) is 0 Å². The number of carboxylic acid groups (broad SMARTS) is 2. The van der Waals surface area contributed by atoms with Crippen LogP contribution in [-0.4, -0.2) is 57.2 Å². The Hall–Kier alpha value is -2.30. The van der Waals surface area contributed by atoms with Gasteiger partial charge in [0.1, 0.15) is 10.6 Å². The summed E-state index contributed by atoms with van der Waals surface area (Å²) < 4.78 is 0. The van der Waals surface area contributed by atoms with Crippen molar-refractivity contribution in [3.05, 3.63) is 32.0 Å². The lowest BCUT2D eigenvalue weighted by atomic mass is 10.3. The van der Waals surface area contributed by atoms with Crippen molar-refractivity contribution in [1.29, 1.82) is 0 Å². The van der Waals surface area contributed by atoms with Crippen LogP contribution in [0.2, 0.25) is 10.0 Å². The van der Waals surface area contributed by atoms with E-state index in [0.717, 1.165) is 11.3 Å². The standard InChI is InChI=1S/C16H14Cl2N4O5S/c1-4-7(17)8(18)10(19-4)13(23)20-9-5-2-22(3-6(5)9)16-21-11(14(24)25)12(28-16)15(26)27/h5-6,9,19H,2-3H2,1H3,(H,20,23)(H,24,25)(H,26,27)/t5-,6+,9?. The van der Waals surface area contributed by atoms with Crippen LogP contribution in [0.5, 0.6) is 0 Å². The Kier molecular flexibility index (Phi) is 4.52. The van der Waals surface area contributed by atoms with Crippen molar-refractivity contribution in [3.8, 4) is 0 Å². The van der Waals surface area contributed by atoms with Crippen molar-refractivity contribution in [2.45, 2.75) is 13.0 Å². The summed E-state index contributed by atoms with van der Waals surface area (Å²) in [6, 6.07) is -0.0277. The fraction of sp³-hybridized carbons (Fsp3) is 0.375. The third-order valence-electron chi connectivity index (χ3n) is 5.06. The van der Waals surface area contributed by atoms with Crippen molar-refractivity contribution < 1.29 is 24.6 Å². The van der Waals surface area contributed by atoms with E-state index in [1.54, 1.807) is 6.92 Å². The van der Waals surface area contributed by atoms with Gasteiger partial charge < -0.3 is 25.4 Å². The summed E-state index contributed by atoms with van der Waals surface area (Å²) in [7, 11) is 0. The number of rotatable bonds is 5. The molecule has 2 aliphatic rings. The number of amides is 1. The second-order valence-corrected chi connectivity index (χ2v) is 8.50. The van der Waals surface area contributed by atoms with Crippen LogP contribution in [0.3, 0.4) is 0 Å². The number of fused-ring (bicyclic) bond motifs is 1. The number of hydrogen-bond donors (Lipinski definition) is 4. The number of carboxylic acids is 2. The van der Waals surface area contributed by atoms with Crippen molar-refractivity contribution in [1.82, 2.24) is 15.3 Å². The third kappa shape index (κ3) is 3.01. The number of H-pyrrole nitrogens is 1. The van der Waals surface area contributed by atoms with E-state index in [0.29, 0.717) is 28.9 Å². The molecule has 1 saturated carbocycles. The van der Waals surface area contributed by atoms with Crippen molar-refractivity contribution in [3.63, 3.8) is 0 Å². The first-order chi connectivity index (χ1) is 13.2. The molecule has 0 aromatic carbocycles. The quantitative estimate of drug-likeness (QED) is 0.555. The molecule has 9 nitrogen and oxygen atoms in total. The van der Waals surface area contributed by atoms with Gasteiger partial charge in [0.2, 0.25) is 0 Å². The Morgan fingerprint density at radius 3 is 2.29 bits per heavy atom. The van der Waals surface area contributed by atoms with Crippen molar-refractivity contribution in [2.24, 2.45) is 11.8 Å². The summed E-state index contributed by atoms with van der Waals surface area (Å²) >= 11 is 12.9. The molecular weight excluding hydrogens is 431 g/mol. The van der Waals surface area contributed by atoms with Crippen LogP contribution in [0.1, 0.15) is 36.3 Å². The molecule has 1 amide bonds. The van der Waals surface area contributed by atoms with E-state index in [1.807, 2.05) is 4.90 Å². The van der Waals surface area contributed by atoms with Crippen LogP contribution >= 0.6 is 34.5 Å². The van der Waals surface area contributed by atoms with E-state index < -0.39 is 17.6 Å². The van der Waals surface area contributed by atoms with Gasteiger partial charge in [0.25, 0.3) is 5.91 Å². The zero-order chi connectivity index (χ0) is 20.3. The van der Waals surface area contributed by atoms with Crippen LogP contribution in [-0.2, 0) is 0 Å². The highest BCUT2D eigenvalue weighted by Gasteiger charge is 2.57. The predicted octanol–water partition coefficient (Wildman–Crippen LogP) is 2.35. The molecule has 2 fully saturated rings. The summed E-state index contributed by atoms with van der Waals surface area (Å²) in [6.07, 6.45) is 0. The lowest BCUT2D eigenvalue weighted by molar-refractivity contribution is 0.0651. The third-order valence-corrected chi connectivity index (χ3v) is 7.11. The molecule has 1 unspecified atom stereocenters. The summed E-state index contributed by atoms with van der Waals surface area (Å²) in [5.41, 5.74) is 0.390. The molecular formula is C16H14Cl2N4O5S. The molecule has 2 aromatic rings. The summed E-state index contributed by atoms with van der Waals surface area (Å²) in [6.45, 7) is 2.83. The zero-order valence-electron chi connectivity index (χ0n) is 14.3. The van der Waals surface area contributed by atoms with Gasteiger partial charge in [0, 0.05) is 36.7 Å². The van der Waals surface area contributed by atoms with Gasteiger partial charge in [-0.15, -0.1) is 0 Å². The van der Waals surface area contributed by atoms with Crippen molar-refractivity contribution in [2.75, 3.05) is 18.0 Å². The first-order valence-electron chi connectivity index (χ1n) is 8.25. The number of thiazole rings is 1. The Morgan fingerprint density at radius 2 is 1.82 bits per heavy atom. The highest BCUT2D eigenvalue weighted by atomic mass is 35.5. The van der Waals surface area contributed by atoms with Crippen molar-refractivity contribution >= 4 is 57.5 Å². The number of halogens is 2. The highest BCUT2D eigenvalue weighted by molar-refractivity contribution is 7.17. The van der Waals surface area contributed by atoms with Gasteiger partial charge in [0.15, 0.2) is 10.8 Å². The minimum Gasteiger partial charge on any atom is -0.477 e. The minimum atomic E-state index is -1.37. The average molecular weight is 445 g/mol. The molecule has 1 aliphatic carbocycles. The summed E-state index contributed by atoms with van der Waals surface area (Å²) in [5, 5.41) is 22.1. The molecule has 0 radical (unpaired) electrons. The molecule has 0 bridgehead atoms. The topological polar surface area (TPSA) is 136 Å². The van der Waals surface area contributed by atoms with Gasteiger partial charge >= 0.3 is 11.9 Å². The molecule has 12 heteroatoms. The second-order valence-electron chi connectivity index (χ2n) is 6.77. The van der Waals surface area contributed by atoms with Gasteiger partial charge in [-0.05, 0) is 6.92 Å². The average Bonchev–Trinajstić information content (AvgIpc) is 3.06. The molecule has 28 heavy (non-hydrogen) atoms. The first-order valence-corrected chi connectivity index (χ1v) is 9.83. The minimum absolute atomic E-state index is 0.0277. The number of nitrogens with zero attached hydrogens (tertiary/aromatic N) is 2. The smallest absolute Gasteiger partial charge is 0.356 e. The van der Waals surface area contributed by atoms with E-state index in [2.05, 4.69) is 15.3 Å². The second kappa shape index (κ2) is 6.64. The number of carbonyl (C=O) groups is 3. The molecule has 4 rings (SSSR count).